The molecule has 0 bridgehead atoms. The summed E-state index contributed by atoms with van der Waals surface area (Å²) in [5, 5.41) is 19.2. The molecule has 2 N–H and O–H groups in total. The topological polar surface area (TPSA) is 123 Å². The number of nitro groups is 1. The number of amides is 2. The van der Waals surface area contributed by atoms with Crippen LogP contribution in [0, 0.1) is 10.1 Å². The van der Waals surface area contributed by atoms with Gasteiger partial charge in [0.05, 0.1) is 11.0 Å². The highest BCUT2D eigenvalue weighted by Crippen LogP contribution is 2.16. The number of nitro benzene ring substituents is 1. The van der Waals surface area contributed by atoms with Gasteiger partial charge in [-0.15, -0.1) is 0 Å². The standard InChI is InChI=1S/C18H18N4O5/c1-13(14-6-3-2-4-7-14)20-18(24)12-27-19-11-17(23)21-15-8-5-9-16(10-15)22(25)26/h2-11,13H,12H2,1H3,(H,20,24)(H,21,23)/b19-11-/t13-/m0/s1. The lowest BCUT2D eigenvalue weighted by Crippen LogP contribution is -2.29. The van der Waals surface area contributed by atoms with Crippen molar-refractivity contribution in [2.45, 2.75) is 13.0 Å². The molecule has 0 aliphatic carbocycles. The molecule has 2 aromatic rings. The summed E-state index contributed by atoms with van der Waals surface area (Å²) in [6.07, 6.45) is 0.840. The lowest BCUT2D eigenvalue weighted by Gasteiger charge is -2.13. The second kappa shape index (κ2) is 9.66. The summed E-state index contributed by atoms with van der Waals surface area (Å²) in [5.41, 5.74) is 1.05. The third-order valence-corrected chi connectivity index (χ3v) is 3.44. The van der Waals surface area contributed by atoms with Crippen molar-refractivity contribution in [3.05, 3.63) is 70.3 Å². The molecule has 0 saturated carbocycles. The SMILES string of the molecule is C[C@H](NC(=O)CO/N=C\C(=O)Nc1cccc([N+](=O)[O-])c1)c1ccccc1. The lowest BCUT2D eigenvalue weighted by atomic mass is 10.1. The van der Waals surface area contributed by atoms with Crippen LogP contribution in [0.15, 0.2) is 59.8 Å². The molecule has 0 aliphatic rings. The van der Waals surface area contributed by atoms with E-state index in [9.17, 15) is 19.7 Å². The lowest BCUT2D eigenvalue weighted by molar-refractivity contribution is -0.384. The Hall–Kier alpha value is -3.75. The van der Waals surface area contributed by atoms with Crippen LogP contribution in [0.1, 0.15) is 18.5 Å². The van der Waals surface area contributed by atoms with E-state index in [2.05, 4.69) is 15.8 Å². The zero-order valence-corrected chi connectivity index (χ0v) is 14.5. The van der Waals surface area contributed by atoms with Crippen molar-refractivity contribution in [3.63, 3.8) is 0 Å². The average molecular weight is 370 g/mol. The Balaban J connectivity index is 1.75. The molecule has 0 aromatic heterocycles. The third kappa shape index (κ3) is 6.58. The van der Waals surface area contributed by atoms with Gasteiger partial charge in [-0.25, -0.2) is 0 Å². The summed E-state index contributed by atoms with van der Waals surface area (Å²) in [7, 11) is 0. The largest absolute Gasteiger partial charge is 0.386 e. The van der Waals surface area contributed by atoms with Crippen LogP contribution in [-0.2, 0) is 14.4 Å². The van der Waals surface area contributed by atoms with Crippen LogP contribution >= 0.6 is 0 Å². The summed E-state index contributed by atoms with van der Waals surface area (Å²) in [4.78, 5) is 38.4. The van der Waals surface area contributed by atoms with Crippen LogP contribution < -0.4 is 10.6 Å². The van der Waals surface area contributed by atoms with Crippen molar-refractivity contribution in [2.75, 3.05) is 11.9 Å². The number of oxime groups is 1. The van der Waals surface area contributed by atoms with Crippen LogP contribution in [-0.4, -0.2) is 29.6 Å². The van der Waals surface area contributed by atoms with Gasteiger partial charge in [-0.1, -0.05) is 41.6 Å². The molecule has 0 unspecified atom stereocenters. The first-order chi connectivity index (χ1) is 13.0. The molecule has 0 heterocycles. The van der Waals surface area contributed by atoms with Crippen LogP contribution in [0.25, 0.3) is 0 Å². The normalized spacial score (nSPS) is 11.6. The van der Waals surface area contributed by atoms with Crippen LogP contribution in [0.5, 0.6) is 0 Å². The monoisotopic (exact) mass is 370 g/mol. The van der Waals surface area contributed by atoms with Gasteiger partial charge in [-0.2, -0.15) is 0 Å². The minimum Gasteiger partial charge on any atom is -0.386 e. The van der Waals surface area contributed by atoms with Gasteiger partial charge < -0.3 is 15.5 Å². The zero-order chi connectivity index (χ0) is 19.6. The van der Waals surface area contributed by atoms with Gasteiger partial charge in [-0.05, 0) is 18.6 Å². The van der Waals surface area contributed by atoms with E-state index in [1.165, 1.54) is 24.3 Å². The van der Waals surface area contributed by atoms with Gasteiger partial charge in [0.1, 0.15) is 6.21 Å². The average Bonchev–Trinajstić information content (AvgIpc) is 2.66. The van der Waals surface area contributed by atoms with Gasteiger partial charge in [0, 0.05) is 17.8 Å². The van der Waals surface area contributed by atoms with Gasteiger partial charge in [0.25, 0.3) is 17.5 Å². The third-order valence-electron chi connectivity index (χ3n) is 3.44. The number of benzene rings is 2. The zero-order valence-electron chi connectivity index (χ0n) is 14.5. The summed E-state index contributed by atoms with van der Waals surface area (Å²) in [6, 6.07) is 14.7. The Morgan fingerprint density at radius 3 is 2.67 bits per heavy atom. The maximum atomic E-state index is 11.8. The molecule has 0 spiro atoms. The quantitative estimate of drug-likeness (QED) is 0.420. The molecule has 0 saturated heterocycles. The summed E-state index contributed by atoms with van der Waals surface area (Å²) in [6.45, 7) is 1.49. The number of hydrogen-bond donors (Lipinski definition) is 2. The molecular formula is C18H18N4O5. The maximum Gasteiger partial charge on any atom is 0.271 e. The van der Waals surface area contributed by atoms with Crippen molar-refractivity contribution in [1.29, 1.82) is 0 Å². The number of carbonyl (C=O) groups is 2. The highest BCUT2D eigenvalue weighted by molar-refractivity contribution is 6.31. The van der Waals surface area contributed by atoms with Crippen molar-refractivity contribution in [1.82, 2.24) is 5.32 Å². The van der Waals surface area contributed by atoms with E-state index in [4.69, 9.17) is 4.84 Å². The molecule has 27 heavy (non-hydrogen) atoms. The summed E-state index contributed by atoms with van der Waals surface area (Å²) in [5.74, 6) is -1.03. The fourth-order valence-electron chi connectivity index (χ4n) is 2.16. The predicted molar refractivity (Wildman–Crippen MR) is 99.2 cm³/mol. The Morgan fingerprint density at radius 1 is 1.22 bits per heavy atom. The van der Waals surface area contributed by atoms with Gasteiger partial charge in [-0.3, -0.25) is 19.7 Å². The maximum absolute atomic E-state index is 11.8. The van der Waals surface area contributed by atoms with E-state index < -0.39 is 10.8 Å². The predicted octanol–water partition coefficient (Wildman–Crippen LogP) is 2.41. The number of rotatable bonds is 8. The molecule has 9 nitrogen and oxygen atoms in total. The van der Waals surface area contributed by atoms with Crippen LogP contribution in [0.4, 0.5) is 11.4 Å². The van der Waals surface area contributed by atoms with E-state index in [0.29, 0.717) is 0 Å². The smallest absolute Gasteiger partial charge is 0.271 e. The molecular weight excluding hydrogens is 352 g/mol. The van der Waals surface area contributed by atoms with Gasteiger partial charge in [0.2, 0.25) is 0 Å². The van der Waals surface area contributed by atoms with E-state index in [-0.39, 0.29) is 29.9 Å². The van der Waals surface area contributed by atoms with Crippen molar-refractivity contribution in [3.8, 4) is 0 Å². The van der Waals surface area contributed by atoms with Crippen molar-refractivity contribution >= 4 is 29.4 Å². The van der Waals surface area contributed by atoms with Gasteiger partial charge >= 0.3 is 0 Å². The van der Waals surface area contributed by atoms with E-state index in [0.717, 1.165) is 11.8 Å². The van der Waals surface area contributed by atoms with Gasteiger partial charge in [0.15, 0.2) is 6.61 Å². The minimum absolute atomic E-state index is 0.148. The fourth-order valence-corrected chi connectivity index (χ4v) is 2.16. The first-order valence-electron chi connectivity index (χ1n) is 8.01. The summed E-state index contributed by atoms with van der Waals surface area (Å²) < 4.78 is 0. The highest BCUT2D eigenvalue weighted by atomic mass is 16.6. The molecule has 2 amide bonds. The highest BCUT2D eigenvalue weighted by Gasteiger charge is 2.10. The second-order valence-electron chi connectivity index (χ2n) is 5.50. The Morgan fingerprint density at radius 2 is 1.96 bits per heavy atom. The molecule has 140 valence electrons. The first kappa shape index (κ1) is 19.6. The molecule has 0 fully saturated rings. The van der Waals surface area contributed by atoms with Crippen molar-refractivity contribution in [2.24, 2.45) is 5.16 Å². The minimum atomic E-state index is -0.645. The molecule has 0 radical (unpaired) electrons. The number of anilines is 1. The molecule has 2 rings (SSSR count). The Labute approximate surface area is 155 Å². The van der Waals surface area contributed by atoms with E-state index in [1.807, 2.05) is 37.3 Å². The Bertz CT molecular complexity index is 839. The molecule has 1 atom stereocenters. The first-order valence-corrected chi connectivity index (χ1v) is 8.01. The summed E-state index contributed by atoms with van der Waals surface area (Å²) >= 11 is 0. The number of nitrogens with zero attached hydrogens (tertiary/aromatic N) is 2. The molecule has 9 heteroatoms. The number of hydrogen-bond acceptors (Lipinski definition) is 6. The van der Waals surface area contributed by atoms with E-state index >= 15 is 0 Å². The number of non-ortho nitro benzene ring substituents is 1. The fraction of sp³-hybridized carbons (Fsp3) is 0.167. The van der Waals surface area contributed by atoms with Crippen LogP contribution in [0.3, 0.4) is 0 Å². The number of carbonyl (C=O) groups excluding carboxylic acids is 2. The number of nitrogens with one attached hydrogen (secondary N) is 2. The van der Waals surface area contributed by atoms with E-state index in [1.54, 1.807) is 0 Å². The molecule has 0 aliphatic heterocycles. The Kier molecular flexibility index (Phi) is 7.00. The van der Waals surface area contributed by atoms with Crippen LogP contribution in [0.2, 0.25) is 0 Å². The molecule has 2 aromatic carbocycles. The van der Waals surface area contributed by atoms with Crippen molar-refractivity contribution < 1.29 is 19.3 Å². The second-order valence-corrected chi connectivity index (χ2v) is 5.50.